The van der Waals surface area contributed by atoms with Gasteiger partial charge in [-0.2, -0.15) is 5.26 Å². The minimum Gasteiger partial charge on any atom is -0.192 e. The number of nitrogens with zero attached hydrogens (tertiary/aromatic N) is 1. The maximum absolute atomic E-state index is 9.21. The summed E-state index contributed by atoms with van der Waals surface area (Å²) in [4.78, 5) is 0. The Morgan fingerprint density at radius 3 is 2.64 bits per heavy atom. The van der Waals surface area contributed by atoms with E-state index in [0.717, 1.165) is 12.0 Å². The smallest absolute Gasteiger partial charge is 0.0991 e. The predicted octanol–water partition coefficient (Wildman–Crippen LogP) is 5.04. The zero-order valence-corrected chi connectivity index (χ0v) is 12.6. The molecule has 0 aliphatic heterocycles. The molecule has 0 amide bonds. The Kier molecular flexibility index (Phi) is 2.98. The second-order valence-electron chi connectivity index (χ2n) is 6.25. The average Bonchev–Trinajstić information content (AvgIpc) is 2.89. The van der Waals surface area contributed by atoms with Crippen LogP contribution in [0.25, 0.3) is 10.8 Å². The van der Waals surface area contributed by atoms with Crippen molar-refractivity contribution in [1.82, 2.24) is 0 Å². The summed E-state index contributed by atoms with van der Waals surface area (Å²) in [7, 11) is 0. The summed E-state index contributed by atoms with van der Waals surface area (Å²) in [6.07, 6.45) is 1.09. The highest BCUT2D eigenvalue weighted by molar-refractivity contribution is 5.86. The summed E-state index contributed by atoms with van der Waals surface area (Å²) in [5, 5.41) is 11.8. The number of hydrogen-bond donors (Lipinski definition) is 0. The highest BCUT2D eigenvalue weighted by atomic mass is 14.4. The van der Waals surface area contributed by atoms with Gasteiger partial charge in [0.25, 0.3) is 0 Å². The molecule has 0 fully saturated rings. The van der Waals surface area contributed by atoms with Crippen LogP contribution in [0.1, 0.15) is 35.1 Å². The molecule has 1 nitrogen and oxygen atoms in total. The second-order valence-corrected chi connectivity index (χ2v) is 6.25. The van der Waals surface area contributed by atoms with Crippen LogP contribution in [0.5, 0.6) is 0 Å². The van der Waals surface area contributed by atoms with Crippen LogP contribution in [0.4, 0.5) is 0 Å². The van der Waals surface area contributed by atoms with E-state index in [1.54, 1.807) is 0 Å². The van der Waals surface area contributed by atoms with E-state index in [1.165, 1.54) is 27.5 Å². The summed E-state index contributed by atoms with van der Waals surface area (Å²) in [5.41, 5.74) is 4.88. The van der Waals surface area contributed by atoms with Crippen LogP contribution >= 0.6 is 0 Å². The normalized spacial score (nSPS) is 19.8. The van der Waals surface area contributed by atoms with E-state index in [4.69, 9.17) is 0 Å². The van der Waals surface area contributed by atoms with Crippen molar-refractivity contribution in [2.75, 3.05) is 0 Å². The molecule has 0 N–H and O–H groups in total. The zero-order valence-electron chi connectivity index (χ0n) is 12.6. The molecule has 2 atom stereocenters. The average molecular weight is 283 g/mol. The fourth-order valence-electron chi connectivity index (χ4n) is 3.91. The Labute approximate surface area is 130 Å². The van der Waals surface area contributed by atoms with Crippen molar-refractivity contribution < 1.29 is 0 Å². The molecular formula is C21H17N. The van der Waals surface area contributed by atoms with Gasteiger partial charge < -0.3 is 0 Å². The first-order chi connectivity index (χ1) is 10.8. The molecule has 4 rings (SSSR count). The molecule has 1 aliphatic carbocycles. The fourth-order valence-corrected chi connectivity index (χ4v) is 3.91. The molecule has 106 valence electrons. The van der Waals surface area contributed by atoms with Gasteiger partial charge in [-0.3, -0.25) is 0 Å². The van der Waals surface area contributed by atoms with Crippen molar-refractivity contribution in [2.24, 2.45) is 5.92 Å². The Morgan fingerprint density at radius 1 is 0.955 bits per heavy atom. The first kappa shape index (κ1) is 13.1. The van der Waals surface area contributed by atoms with Gasteiger partial charge in [0.1, 0.15) is 0 Å². The Bertz CT molecular complexity index is 896. The summed E-state index contributed by atoms with van der Waals surface area (Å²) >= 11 is 0. The lowest BCUT2D eigenvalue weighted by Crippen LogP contribution is -2.06. The quantitative estimate of drug-likeness (QED) is 0.614. The van der Waals surface area contributed by atoms with Gasteiger partial charge in [0.15, 0.2) is 0 Å². The summed E-state index contributed by atoms with van der Waals surface area (Å²) in [5.74, 6) is 0.948. The van der Waals surface area contributed by atoms with E-state index in [2.05, 4.69) is 67.6 Å². The van der Waals surface area contributed by atoms with Crippen molar-refractivity contribution >= 4 is 10.8 Å². The SMILES string of the molecule is C[C@H]1Cc2ccc(C#N)cc2[C@@H]1c1cccc2ccccc12. The zero-order chi connectivity index (χ0) is 15.1. The number of hydrogen-bond acceptors (Lipinski definition) is 1. The first-order valence-corrected chi connectivity index (χ1v) is 7.78. The molecule has 0 radical (unpaired) electrons. The highest BCUT2D eigenvalue weighted by Crippen LogP contribution is 2.44. The molecule has 0 aromatic heterocycles. The van der Waals surface area contributed by atoms with Crippen LogP contribution in [0, 0.1) is 17.2 Å². The molecule has 0 spiro atoms. The van der Waals surface area contributed by atoms with Crippen LogP contribution in [-0.4, -0.2) is 0 Å². The monoisotopic (exact) mass is 283 g/mol. The summed E-state index contributed by atoms with van der Waals surface area (Å²) in [6.45, 7) is 2.32. The summed E-state index contributed by atoms with van der Waals surface area (Å²) < 4.78 is 0. The van der Waals surface area contributed by atoms with Gasteiger partial charge in [-0.25, -0.2) is 0 Å². The third-order valence-electron chi connectivity index (χ3n) is 4.88. The molecular weight excluding hydrogens is 266 g/mol. The van der Waals surface area contributed by atoms with Crippen LogP contribution in [0.15, 0.2) is 60.7 Å². The minimum absolute atomic E-state index is 0.384. The van der Waals surface area contributed by atoms with Crippen molar-refractivity contribution in [3.05, 3.63) is 82.9 Å². The minimum atomic E-state index is 0.384. The lowest BCUT2D eigenvalue weighted by molar-refractivity contribution is 0.560. The molecule has 0 unspecified atom stereocenters. The van der Waals surface area contributed by atoms with Crippen LogP contribution in [-0.2, 0) is 6.42 Å². The Balaban J connectivity index is 1.95. The van der Waals surface area contributed by atoms with Gasteiger partial charge in [-0.1, -0.05) is 55.5 Å². The van der Waals surface area contributed by atoms with Crippen LogP contribution in [0.3, 0.4) is 0 Å². The molecule has 1 aliphatic rings. The van der Waals surface area contributed by atoms with Crippen molar-refractivity contribution in [2.45, 2.75) is 19.3 Å². The van der Waals surface area contributed by atoms with E-state index in [9.17, 15) is 5.26 Å². The van der Waals surface area contributed by atoms with E-state index >= 15 is 0 Å². The van der Waals surface area contributed by atoms with Crippen molar-refractivity contribution in [1.29, 1.82) is 5.26 Å². The predicted molar refractivity (Wildman–Crippen MR) is 89.8 cm³/mol. The molecule has 3 aromatic carbocycles. The van der Waals surface area contributed by atoms with E-state index < -0.39 is 0 Å². The van der Waals surface area contributed by atoms with Crippen molar-refractivity contribution in [3.63, 3.8) is 0 Å². The largest absolute Gasteiger partial charge is 0.192 e. The van der Waals surface area contributed by atoms with Gasteiger partial charge in [0.2, 0.25) is 0 Å². The topological polar surface area (TPSA) is 23.8 Å². The van der Waals surface area contributed by atoms with Gasteiger partial charge in [-0.15, -0.1) is 0 Å². The van der Waals surface area contributed by atoms with Gasteiger partial charge in [0, 0.05) is 5.92 Å². The van der Waals surface area contributed by atoms with Crippen molar-refractivity contribution in [3.8, 4) is 6.07 Å². The standard InChI is InChI=1S/C21H17N/c1-14-11-17-10-9-15(13-22)12-20(17)21(14)19-8-4-6-16-5-2-3-7-18(16)19/h2-10,12,14,21H,11H2,1H3/t14-,21-/m0/s1. The molecule has 22 heavy (non-hydrogen) atoms. The number of benzene rings is 3. The number of fused-ring (bicyclic) bond motifs is 2. The molecule has 0 saturated heterocycles. The van der Waals surface area contributed by atoms with Gasteiger partial charge >= 0.3 is 0 Å². The molecule has 0 heterocycles. The van der Waals surface area contributed by atoms with Crippen LogP contribution in [0.2, 0.25) is 0 Å². The molecule has 0 bridgehead atoms. The van der Waals surface area contributed by atoms with Crippen LogP contribution < -0.4 is 0 Å². The Morgan fingerprint density at radius 2 is 1.77 bits per heavy atom. The lowest BCUT2D eigenvalue weighted by atomic mass is 9.84. The number of rotatable bonds is 1. The Hall–Kier alpha value is -2.59. The highest BCUT2D eigenvalue weighted by Gasteiger charge is 2.31. The van der Waals surface area contributed by atoms with E-state index in [1.807, 2.05) is 6.07 Å². The lowest BCUT2D eigenvalue weighted by Gasteiger charge is -2.19. The molecule has 3 aromatic rings. The first-order valence-electron chi connectivity index (χ1n) is 7.78. The fraction of sp³-hybridized carbons (Fsp3) is 0.190. The maximum Gasteiger partial charge on any atom is 0.0991 e. The third kappa shape index (κ3) is 1.92. The maximum atomic E-state index is 9.21. The van der Waals surface area contributed by atoms with Gasteiger partial charge in [0.05, 0.1) is 11.6 Å². The summed E-state index contributed by atoms with van der Waals surface area (Å²) in [6, 6.07) is 23.6. The second kappa shape index (κ2) is 5.00. The molecule has 1 heteroatoms. The van der Waals surface area contributed by atoms with Gasteiger partial charge in [-0.05, 0) is 51.9 Å². The number of nitriles is 1. The molecule has 0 saturated carbocycles. The third-order valence-corrected chi connectivity index (χ3v) is 4.88. The van der Waals surface area contributed by atoms with E-state index in [-0.39, 0.29) is 0 Å². The van der Waals surface area contributed by atoms with E-state index in [0.29, 0.717) is 11.8 Å².